The van der Waals surface area contributed by atoms with Crippen LogP contribution in [0.2, 0.25) is 0 Å². The summed E-state index contributed by atoms with van der Waals surface area (Å²) in [7, 11) is 1.48. The molecule has 94 valence electrons. The zero-order valence-electron chi connectivity index (χ0n) is 9.66. The smallest absolute Gasteiger partial charge is 0.273 e. The lowest BCUT2D eigenvalue weighted by atomic mass is 10.3. The maximum absolute atomic E-state index is 10.7. The summed E-state index contributed by atoms with van der Waals surface area (Å²) in [5.74, 6) is 0.775. The molecular weight excluding hydrogens is 238 g/mol. The van der Waals surface area contributed by atoms with Gasteiger partial charge in [-0.2, -0.15) is 0 Å². The van der Waals surface area contributed by atoms with E-state index in [4.69, 9.17) is 13.9 Å². The van der Waals surface area contributed by atoms with Crippen molar-refractivity contribution < 1.29 is 18.8 Å². The van der Waals surface area contributed by atoms with Gasteiger partial charge in [-0.1, -0.05) is 0 Å². The lowest BCUT2D eigenvalue weighted by molar-refractivity contribution is -0.385. The van der Waals surface area contributed by atoms with E-state index in [2.05, 4.69) is 0 Å². The molecule has 0 aliphatic rings. The van der Waals surface area contributed by atoms with Gasteiger partial charge in [0, 0.05) is 11.6 Å². The van der Waals surface area contributed by atoms with E-state index in [-0.39, 0.29) is 12.3 Å². The maximum atomic E-state index is 10.7. The highest BCUT2D eigenvalue weighted by atomic mass is 16.6. The van der Waals surface area contributed by atoms with Crippen LogP contribution in [-0.4, -0.2) is 12.0 Å². The van der Waals surface area contributed by atoms with Crippen LogP contribution >= 0.6 is 0 Å². The summed E-state index contributed by atoms with van der Waals surface area (Å²) < 4.78 is 15.5. The van der Waals surface area contributed by atoms with Crippen molar-refractivity contribution in [2.45, 2.75) is 6.61 Å². The Labute approximate surface area is 103 Å². The molecule has 0 spiro atoms. The Morgan fingerprint density at radius 3 is 2.78 bits per heavy atom. The molecule has 0 aliphatic carbocycles. The largest absolute Gasteiger partial charge is 0.493 e. The summed E-state index contributed by atoms with van der Waals surface area (Å²) in [6.45, 7) is 0.258. The molecule has 0 fully saturated rings. The number of methoxy groups -OCH3 is 1. The summed E-state index contributed by atoms with van der Waals surface area (Å²) in [5, 5.41) is 10.7. The number of rotatable bonds is 5. The number of furan rings is 1. The highest BCUT2D eigenvalue weighted by Gasteiger charge is 2.12. The summed E-state index contributed by atoms with van der Waals surface area (Å²) in [6, 6.07) is 5.95. The Morgan fingerprint density at radius 2 is 2.17 bits per heavy atom. The van der Waals surface area contributed by atoms with E-state index in [1.165, 1.54) is 31.6 Å². The summed E-state index contributed by atoms with van der Waals surface area (Å²) in [6.07, 6.45) is 3.08. The van der Waals surface area contributed by atoms with Gasteiger partial charge in [0.25, 0.3) is 5.69 Å². The molecule has 6 nitrogen and oxygen atoms in total. The second-order valence-corrected chi connectivity index (χ2v) is 3.51. The lowest BCUT2D eigenvalue weighted by Crippen LogP contribution is -1.98. The Balaban J connectivity index is 2.18. The van der Waals surface area contributed by atoms with Crippen LogP contribution in [0.25, 0.3) is 0 Å². The SMILES string of the molecule is COc1ccc([N+](=O)[O-])cc1OCc1ccoc1. The molecule has 18 heavy (non-hydrogen) atoms. The van der Waals surface area contributed by atoms with Crippen molar-refractivity contribution in [1.29, 1.82) is 0 Å². The van der Waals surface area contributed by atoms with Crippen molar-refractivity contribution >= 4 is 5.69 Å². The van der Waals surface area contributed by atoms with Crippen LogP contribution in [0.3, 0.4) is 0 Å². The third-order valence-corrected chi connectivity index (χ3v) is 2.33. The minimum absolute atomic E-state index is 0.0435. The van der Waals surface area contributed by atoms with Crippen LogP contribution in [0.1, 0.15) is 5.56 Å². The second kappa shape index (κ2) is 5.22. The van der Waals surface area contributed by atoms with Gasteiger partial charge in [0.2, 0.25) is 0 Å². The fourth-order valence-corrected chi connectivity index (χ4v) is 1.43. The molecule has 2 aromatic rings. The van der Waals surface area contributed by atoms with Crippen LogP contribution < -0.4 is 9.47 Å². The average molecular weight is 249 g/mol. The molecule has 2 rings (SSSR count). The van der Waals surface area contributed by atoms with Gasteiger partial charge in [-0.15, -0.1) is 0 Å². The van der Waals surface area contributed by atoms with Gasteiger partial charge < -0.3 is 13.9 Å². The van der Waals surface area contributed by atoms with Crippen LogP contribution in [0.5, 0.6) is 11.5 Å². The molecule has 0 atom stereocenters. The van der Waals surface area contributed by atoms with Gasteiger partial charge in [-0.25, -0.2) is 0 Å². The van der Waals surface area contributed by atoms with Crippen LogP contribution in [0.4, 0.5) is 5.69 Å². The predicted octanol–water partition coefficient (Wildman–Crippen LogP) is 2.78. The average Bonchev–Trinajstić information content (AvgIpc) is 2.89. The number of ether oxygens (including phenoxy) is 2. The maximum Gasteiger partial charge on any atom is 0.273 e. The van der Waals surface area contributed by atoms with Crippen molar-refractivity contribution in [1.82, 2.24) is 0 Å². The molecule has 0 saturated carbocycles. The lowest BCUT2D eigenvalue weighted by Gasteiger charge is -2.09. The van der Waals surface area contributed by atoms with E-state index >= 15 is 0 Å². The number of nitro benzene ring substituents is 1. The van der Waals surface area contributed by atoms with E-state index in [1.54, 1.807) is 12.3 Å². The Bertz CT molecular complexity index is 535. The molecule has 6 heteroatoms. The predicted molar refractivity (Wildman–Crippen MR) is 62.7 cm³/mol. The standard InChI is InChI=1S/C12H11NO5/c1-16-11-3-2-10(13(14)15)6-12(11)18-8-9-4-5-17-7-9/h2-7H,8H2,1H3. The number of nitro groups is 1. The van der Waals surface area contributed by atoms with Gasteiger partial charge in [0.15, 0.2) is 11.5 Å². The number of benzene rings is 1. The summed E-state index contributed by atoms with van der Waals surface area (Å²) >= 11 is 0. The van der Waals surface area contributed by atoms with E-state index in [0.717, 1.165) is 5.56 Å². The minimum Gasteiger partial charge on any atom is -0.493 e. The molecule has 0 amide bonds. The zero-order valence-corrected chi connectivity index (χ0v) is 9.66. The quantitative estimate of drug-likeness (QED) is 0.601. The van der Waals surface area contributed by atoms with E-state index in [0.29, 0.717) is 11.5 Å². The van der Waals surface area contributed by atoms with Gasteiger partial charge >= 0.3 is 0 Å². The van der Waals surface area contributed by atoms with Crippen molar-refractivity contribution in [2.75, 3.05) is 7.11 Å². The molecular formula is C12H11NO5. The van der Waals surface area contributed by atoms with Crippen LogP contribution in [-0.2, 0) is 6.61 Å². The fraction of sp³-hybridized carbons (Fsp3) is 0.167. The molecule has 0 saturated heterocycles. The second-order valence-electron chi connectivity index (χ2n) is 3.51. The molecule has 0 N–H and O–H groups in total. The highest BCUT2D eigenvalue weighted by Crippen LogP contribution is 2.31. The molecule has 0 radical (unpaired) electrons. The molecule has 1 aromatic carbocycles. The normalized spacial score (nSPS) is 10.1. The van der Waals surface area contributed by atoms with Crippen molar-refractivity contribution in [3.05, 3.63) is 52.5 Å². The van der Waals surface area contributed by atoms with Gasteiger partial charge in [-0.3, -0.25) is 10.1 Å². The third kappa shape index (κ3) is 2.60. The number of hydrogen-bond donors (Lipinski definition) is 0. The first kappa shape index (κ1) is 12.0. The number of nitrogens with zero attached hydrogens (tertiary/aromatic N) is 1. The molecule has 0 bridgehead atoms. The third-order valence-electron chi connectivity index (χ3n) is 2.33. The van der Waals surface area contributed by atoms with E-state index < -0.39 is 4.92 Å². The summed E-state index contributed by atoms with van der Waals surface area (Å²) in [4.78, 5) is 10.2. The first-order valence-corrected chi connectivity index (χ1v) is 5.17. The molecule has 0 aliphatic heterocycles. The number of non-ortho nitro benzene ring substituents is 1. The van der Waals surface area contributed by atoms with Gasteiger partial charge in [0.1, 0.15) is 6.61 Å². The Hall–Kier alpha value is -2.50. The minimum atomic E-state index is -0.482. The monoisotopic (exact) mass is 249 g/mol. The highest BCUT2D eigenvalue weighted by molar-refractivity contribution is 5.48. The Kier molecular flexibility index (Phi) is 3.47. The molecule has 0 unspecified atom stereocenters. The molecule has 1 heterocycles. The number of hydrogen-bond acceptors (Lipinski definition) is 5. The van der Waals surface area contributed by atoms with E-state index in [9.17, 15) is 10.1 Å². The zero-order chi connectivity index (χ0) is 13.0. The van der Waals surface area contributed by atoms with Crippen molar-refractivity contribution in [3.8, 4) is 11.5 Å². The van der Waals surface area contributed by atoms with E-state index in [1.807, 2.05) is 0 Å². The van der Waals surface area contributed by atoms with Crippen molar-refractivity contribution in [2.24, 2.45) is 0 Å². The first-order valence-electron chi connectivity index (χ1n) is 5.17. The Morgan fingerprint density at radius 1 is 1.33 bits per heavy atom. The van der Waals surface area contributed by atoms with Crippen LogP contribution in [0, 0.1) is 10.1 Å². The van der Waals surface area contributed by atoms with Crippen molar-refractivity contribution in [3.63, 3.8) is 0 Å². The van der Waals surface area contributed by atoms with Gasteiger partial charge in [0.05, 0.1) is 30.6 Å². The van der Waals surface area contributed by atoms with Gasteiger partial charge in [-0.05, 0) is 12.1 Å². The first-order chi connectivity index (χ1) is 8.70. The van der Waals surface area contributed by atoms with Crippen LogP contribution in [0.15, 0.2) is 41.2 Å². The fourth-order valence-electron chi connectivity index (χ4n) is 1.43. The molecule has 1 aromatic heterocycles. The summed E-state index contributed by atoms with van der Waals surface area (Å²) in [5.41, 5.74) is 0.793. The topological polar surface area (TPSA) is 74.7 Å².